The number of rotatable bonds is 1. The molecule has 20 heavy (non-hydrogen) atoms. The summed E-state index contributed by atoms with van der Waals surface area (Å²) in [5.41, 5.74) is -1.55. The topological polar surface area (TPSA) is 20.3 Å². The number of nitrogens with zero attached hydrogens (tertiary/aromatic N) is 1. The Morgan fingerprint density at radius 1 is 1.35 bits per heavy atom. The highest BCUT2D eigenvalue weighted by atomic mass is 79.9. The first-order valence-electron chi connectivity index (χ1n) is 6.09. The van der Waals surface area contributed by atoms with Gasteiger partial charge in [-0.2, -0.15) is 13.2 Å². The van der Waals surface area contributed by atoms with E-state index in [4.69, 9.17) is 0 Å². The van der Waals surface area contributed by atoms with Crippen LogP contribution in [-0.4, -0.2) is 28.7 Å². The van der Waals surface area contributed by atoms with Crippen LogP contribution in [0.5, 0.6) is 0 Å². The van der Waals surface area contributed by atoms with Crippen LogP contribution in [0.15, 0.2) is 18.2 Å². The van der Waals surface area contributed by atoms with Gasteiger partial charge in [-0.15, -0.1) is 0 Å². The second-order valence-corrected chi connectivity index (χ2v) is 5.98. The lowest BCUT2D eigenvalue weighted by molar-refractivity contribution is -0.137. The standard InChI is InChI=1S/C13H12BrF4NO/c14-9-2-1-5-19(7-9)12(20)10-6-8(13(16,17)18)3-4-11(10)15/h3-4,6,9H,1-2,5,7H2. The summed E-state index contributed by atoms with van der Waals surface area (Å²) in [6, 6.07) is 1.90. The molecule has 0 spiro atoms. The quantitative estimate of drug-likeness (QED) is 0.554. The van der Waals surface area contributed by atoms with Crippen molar-refractivity contribution < 1.29 is 22.4 Å². The first-order chi connectivity index (χ1) is 9.29. The molecule has 0 aliphatic carbocycles. The van der Waals surface area contributed by atoms with Crippen molar-refractivity contribution in [3.63, 3.8) is 0 Å². The maximum atomic E-state index is 13.6. The molecule has 0 aromatic heterocycles. The molecule has 0 bridgehead atoms. The predicted molar refractivity (Wildman–Crippen MR) is 69.3 cm³/mol. The van der Waals surface area contributed by atoms with Crippen LogP contribution in [0.4, 0.5) is 17.6 Å². The number of carbonyl (C=O) groups is 1. The summed E-state index contributed by atoms with van der Waals surface area (Å²) in [7, 11) is 0. The summed E-state index contributed by atoms with van der Waals surface area (Å²) < 4.78 is 51.5. The Morgan fingerprint density at radius 3 is 2.65 bits per heavy atom. The molecule has 2 rings (SSSR count). The SMILES string of the molecule is O=C(c1cc(C(F)(F)F)ccc1F)N1CCCC(Br)C1. The number of hydrogen-bond acceptors (Lipinski definition) is 1. The third-order valence-corrected chi connectivity index (χ3v) is 3.92. The molecule has 0 N–H and O–H groups in total. The Hall–Kier alpha value is -1.11. The second-order valence-electron chi connectivity index (χ2n) is 4.68. The van der Waals surface area contributed by atoms with Gasteiger partial charge < -0.3 is 4.90 Å². The van der Waals surface area contributed by atoms with Crippen molar-refractivity contribution in [3.8, 4) is 0 Å². The van der Waals surface area contributed by atoms with Gasteiger partial charge >= 0.3 is 6.18 Å². The Balaban J connectivity index is 2.29. The van der Waals surface area contributed by atoms with Crippen molar-refractivity contribution in [1.82, 2.24) is 4.90 Å². The highest BCUT2D eigenvalue weighted by Gasteiger charge is 2.33. The van der Waals surface area contributed by atoms with Gasteiger partial charge in [-0.05, 0) is 31.0 Å². The minimum atomic E-state index is -4.59. The van der Waals surface area contributed by atoms with Crippen LogP contribution in [-0.2, 0) is 6.18 Å². The minimum absolute atomic E-state index is 0.0917. The van der Waals surface area contributed by atoms with Crippen LogP contribution < -0.4 is 0 Å². The second kappa shape index (κ2) is 5.71. The number of benzene rings is 1. The molecule has 1 aromatic rings. The summed E-state index contributed by atoms with van der Waals surface area (Å²) in [5, 5.41) is 0. The molecule has 1 atom stereocenters. The number of carbonyl (C=O) groups excluding carboxylic acids is 1. The van der Waals surface area contributed by atoms with Crippen molar-refractivity contribution in [1.29, 1.82) is 0 Å². The van der Waals surface area contributed by atoms with Crippen molar-refractivity contribution in [2.45, 2.75) is 23.8 Å². The van der Waals surface area contributed by atoms with Crippen LogP contribution in [0.1, 0.15) is 28.8 Å². The molecule has 1 heterocycles. The van der Waals surface area contributed by atoms with Crippen molar-refractivity contribution >= 4 is 21.8 Å². The molecule has 2 nitrogen and oxygen atoms in total. The Labute approximate surface area is 121 Å². The van der Waals surface area contributed by atoms with E-state index in [2.05, 4.69) is 15.9 Å². The van der Waals surface area contributed by atoms with Crippen LogP contribution in [0.3, 0.4) is 0 Å². The molecule has 1 amide bonds. The van der Waals surface area contributed by atoms with E-state index in [1.807, 2.05) is 0 Å². The minimum Gasteiger partial charge on any atom is -0.337 e. The van der Waals surface area contributed by atoms with Gasteiger partial charge in [-0.25, -0.2) is 4.39 Å². The summed E-state index contributed by atoms with van der Waals surface area (Å²) in [6.45, 7) is 0.797. The zero-order chi connectivity index (χ0) is 14.9. The molecule has 1 saturated heterocycles. The number of hydrogen-bond donors (Lipinski definition) is 0. The lowest BCUT2D eigenvalue weighted by Crippen LogP contribution is -2.40. The summed E-state index contributed by atoms with van der Waals surface area (Å²) in [6.07, 6.45) is -2.97. The van der Waals surface area contributed by atoms with E-state index in [0.29, 0.717) is 31.3 Å². The van der Waals surface area contributed by atoms with E-state index in [-0.39, 0.29) is 4.83 Å². The van der Waals surface area contributed by atoms with Gasteiger partial charge in [0.1, 0.15) is 5.82 Å². The van der Waals surface area contributed by atoms with E-state index >= 15 is 0 Å². The lowest BCUT2D eigenvalue weighted by atomic mass is 10.1. The van der Waals surface area contributed by atoms with Crippen LogP contribution in [0.25, 0.3) is 0 Å². The number of piperidine rings is 1. The van der Waals surface area contributed by atoms with E-state index < -0.39 is 29.0 Å². The van der Waals surface area contributed by atoms with E-state index in [1.54, 1.807) is 0 Å². The van der Waals surface area contributed by atoms with Gasteiger partial charge in [0, 0.05) is 17.9 Å². The first kappa shape index (κ1) is 15.3. The molecule has 1 aliphatic heterocycles. The van der Waals surface area contributed by atoms with Crippen LogP contribution >= 0.6 is 15.9 Å². The molecule has 7 heteroatoms. The molecule has 1 fully saturated rings. The zero-order valence-electron chi connectivity index (χ0n) is 10.4. The van der Waals surface area contributed by atoms with Gasteiger partial charge in [0.15, 0.2) is 0 Å². The number of amides is 1. The van der Waals surface area contributed by atoms with E-state index in [1.165, 1.54) is 4.90 Å². The predicted octanol–water partition coefficient (Wildman–Crippen LogP) is 3.84. The zero-order valence-corrected chi connectivity index (χ0v) is 12.0. The Morgan fingerprint density at radius 2 is 2.05 bits per heavy atom. The number of alkyl halides is 4. The number of halogens is 5. The summed E-state index contributed by atoms with van der Waals surface area (Å²) in [4.78, 5) is 13.6. The molecular weight excluding hydrogens is 342 g/mol. The normalized spacial score (nSPS) is 20.1. The highest BCUT2D eigenvalue weighted by Crippen LogP contribution is 2.31. The largest absolute Gasteiger partial charge is 0.416 e. The molecule has 1 aliphatic rings. The molecule has 1 aromatic carbocycles. The average molecular weight is 354 g/mol. The third-order valence-electron chi connectivity index (χ3n) is 3.18. The van der Waals surface area contributed by atoms with Crippen LogP contribution in [0.2, 0.25) is 0 Å². The number of likely N-dealkylation sites (tertiary alicyclic amines) is 1. The molecule has 0 radical (unpaired) electrons. The average Bonchev–Trinajstić information content (AvgIpc) is 2.37. The molecule has 110 valence electrons. The monoisotopic (exact) mass is 353 g/mol. The van der Waals surface area contributed by atoms with Gasteiger partial charge in [-0.1, -0.05) is 15.9 Å². The molecule has 1 unspecified atom stereocenters. The van der Waals surface area contributed by atoms with Crippen molar-refractivity contribution in [3.05, 3.63) is 35.1 Å². The maximum Gasteiger partial charge on any atom is 0.416 e. The van der Waals surface area contributed by atoms with E-state index in [0.717, 1.165) is 12.8 Å². The first-order valence-corrected chi connectivity index (χ1v) is 7.00. The van der Waals surface area contributed by atoms with Gasteiger partial charge in [0.2, 0.25) is 0 Å². The summed E-state index contributed by atoms with van der Waals surface area (Å²) >= 11 is 3.37. The maximum absolute atomic E-state index is 13.6. The smallest absolute Gasteiger partial charge is 0.337 e. The molecule has 0 saturated carbocycles. The fourth-order valence-electron chi connectivity index (χ4n) is 2.15. The molecular formula is C13H12BrF4NO. The Kier molecular flexibility index (Phi) is 4.36. The summed E-state index contributed by atoms with van der Waals surface area (Å²) in [5.74, 6) is -1.63. The van der Waals surface area contributed by atoms with Gasteiger partial charge in [0.05, 0.1) is 11.1 Å². The van der Waals surface area contributed by atoms with Crippen LogP contribution in [0, 0.1) is 5.82 Å². The van der Waals surface area contributed by atoms with E-state index in [9.17, 15) is 22.4 Å². The van der Waals surface area contributed by atoms with Crippen molar-refractivity contribution in [2.24, 2.45) is 0 Å². The Bertz CT molecular complexity index is 518. The lowest BCUT2D eigenvalue weighted by Gasteiger charge is -2.30. The fourth-order valence-corrected chi connectivity index (χ4v) is 2.82. The van der Waals surface area contributed by atoms with Gasteiger partial charge in [0.25, 0.3) is 5.91 Å². The fraction of sp³-hybridized carbons (Fsp3) is 0.462. The van der Waals surface area contributed by atoms with Gasteiger partial charge in [-0.3, -0.25) is 4.79 Å². The highest BCUT2D eigenvalue weighted by molar-refractivity contribution is 9.09. The van der Waals surface area contributed by atoms with Crippen molar-refractivity contribution in [2.75, 3.05) is 13.1 Å². The third kappa shape index (κ3) is 3.31.